The van der Waals surface area contributed by atoms with E-state index in [-0.39, 0.29) is 18.1 Å². The molecule has 7 heteroatoms. The Morgan fingerprint density at radius 2 is 2.00 bits per heavy atom. The molecule has 0 bridgehead atoms. The van der Waals surface area contributed by atoms with E-state index in [4.69, 9.17) is 0 Å². The van der Waals surface area contributed by atoms with Crippen molar-refractivity contribution in [3.05, 3.63) is 106 Å². The van der Waals surface area contributed by atoms with Crippen LogP contribution in [0.1, 0.15) is 23.1 Å². The fourth-order valence-electron chi connectivity index (χ4n) is 3.90. The molecule has 0 radical (unpaired) electrons. The lowest BCUT2D eigenvalue weighted by Gasteiger charge is -2.14. The summed E-state index contributed by atoms with van der Waals surface area (Å²) >= 11 is 0. The fourth-order valence-corrected chi connectivity index (χ4v) is 3.90. The molecule has 3 aromatic rings. The van der Waals surface area contributed by atoms with E-state index in [0.29, 0.717) is 29.8 Å². The van der Waals surface area contributed by atoms with Crippen molar-refractivity contribution < 1.29 is 14.0 Å². The third kappa shape index (κ3) is 4.05. The Kier molecular flexibility index (Phi) is 5.07. The standard InChI is InChI=1S/C25H19FN4O2/c26-24-8-5-16(12-27-24)14-30-15-21(13-28-30)29-25(32)19-6-7-23(31)22(11-19)20-9-17-3-1-2-4-18(17)10-20/h1-6,8-9,11-13,15H,7,10,14H2,(H,29,32). The zero-order chi connectivity index (χ0) is 22.1. The molecule has 0 unspecified atom stereocenters. The van der Waals surface area contributed by atoms with Crippen molar-refractivity contribution in [1.82, 2.24) is 14.8 Å². The average molecular weight is 426 g/mol. The summed E-state index contributed by atoms with van der Waals surface area (Å²) < 4.78 is 14.6. The number of fused-ring (bicyclic) bond motifs is 1. The first kappa shape index (κ1) is 19.8. The second kappa shape index (κ2) is 8.19. The molecule has 2 aliphatic carbocycles. The summed E-state index contributed by atoms with van der Waals surface area (Å²) in [4.78, 5) is 29.0. The molecule has 5 rings (SSSR count). The number of rotatable bonds is 5. The summed E-state index contributed by atoms with van der Waals surface area (Å²) in [5, 5.41) is 7.06. The molecule has 0 saturated carbocycles. The second-order valence-electron chi connectivity index (χ2n) is 7.76. The lowest BCUT2D eigenvalue weighted by molar-refractivity contribution is -0.114. The molecule has 158 valence electrons. The van der Waals surface area contributed by atoms with Crippen LogP contribution in [0.3, 0.4) is 0 Å². The van der Waals surface area contributed by atoms with Crippen LogP contribution in [0.2, 0.25) is 0 Å². The Morgan fingerprint density at radius 3 is 2.81 bits per heavy atom. The Morgan fingerprint density at radius 1 is 1.12 bits per heavy atom. The van der Waals surface area contributed by atoms with Gasteiger partial charge in [-0.15, -0.1) is 0 Å². The molecule has 2 aromatic heterocycles. The quantitative estimate of drug-likeness (QED) is 0.629. The number of halogens is 1. The molecule has 0 aliphatic heterocycles. The van der Waals surface area contributed by atoms with Crippen LogP contribution in [0, 0.1) is 5.95 Å². The SMILES string of the molecule is O=C1CC=C(C(=O)Nc2cnn(Cc3ccc(F)nc3)c2)C=C1C1=Cc2ccccc2C1. The average Bonchev–Trinajstić information content (AvgIpc) is 3.42. The van der Waals surface area contributed by atoms with Gasteiger partial charge < -0.3 is 5.32 Å². The third-order valence-electron chi connectivity index (χ3n) is 5.51. The minimum atomic E-state index is -0.536. The number of Topliss-reactive ketones (excluding diaryl/α,β-unsaturated/α-hetero) is 1. The van der Waals surface area contributed by atoms with Gasteiger partial charge in [-0.3, -0.25) is 14.3 Å². The molecule has 2 aliphatic rings. The Labute approximate surface area is 183 Å². The molecule has 2 heterocycles. The minimum absolute atomic E-state index is 0.0151. The van der Waals surface area contributed by atoms with E-state index < -0.39 is 5.95 Å². The van der Waals surface area contributed by atoms with Gasteiger partial charge in [0.15, 0.2) is 5.78 Å². The maximum atomic E-state index is 13.0. The zero-order valence-electron chi connectivity index (χ0n) is 17.1. The smallest absolute Gasteiger partial charge is 0.255 e. The highest BCUT2D eigenvalue weighted by Gasteiger charge is 2.24. The van der Waals surface area contributed by atoms with Crippen molar-refractivity contribution in [2.45, 2.75) is 19.4 Å². The third-order valence-corrected chi connectivity index (χ3v) is 5.51. The van der Waals surface area contributed by atoms with E-state index in [1.807, 2.05) is 24.3 Å². The van der Waals surface area contributed by atoms with Gasteiger partial charge in [-0.1, -0.05) is 42.5 Å². The summed E-state index contributed by atoms with van der Waals surface area (Å²) in [6, 6.07) is 11.0. The number of nitrogens with zero attached hydrogens (tertiary/aromatic N) is 3. The van der Waals surface area contributed by atoms with Crippen LogP contribution in [-0.4, -0.2) is 26.5 Å². The molecule has 1 amide bonds. The number of carbonyl (C=O) groups excluding carboxylic acids is 2. The number of pyridine rings is 1. The van der Waals surface area contributed by atoms with Gasteiger partial charge in [-0.25, -0.2) is 4.98 Å². The summed E-state index contributed by atoms with van der Waals surface area (Å²) in [6.45, 7) is 0.402. The number of hydrogen-bond acceptors (Lipinski definition) is 4. The van der Waals surface area contributed by atoms with Crippen LogP contribution in [0.15, 0.2) is 83.9 Å². The highest BCUT2D eigenvalue weighted by atomic mass is 19.1. The first-order valence-corrected chi connectivity index (χ1v) is 10.2. The van der Waals surface area contributed by atoms with Gasteiger partial charge in [-0.2, -0.15) is 9.49 Å². The summed E-state index contributed by atoms with van der Waals surface area (Å²) in [5.41, 5.74) is 5.60. The molecular formula is C25H19FN4O2. The highest BCUT2D eigenvalue weighted by Crippen LogP contribution is 2.32. The van der Waals surface area contributed by atoms with E-state index in [9.17, 15) is 14.0 Å². The molecule has 1 N–H and O–H groups in total. The van der Waals surface area contributed by atoms with Gasteiger partial charge in [0.1, 0.15) is 0 Å². The van der Waals surface area contributed by atoms with Gasteiger partial charge in [0.2, 0.25) is 5.95 Å². The van der Waals surface area contributed by atoms with E-state index in [1.165, 1.54) is 17.8 Å². The predicted octanol–water partition coefficient (Wildman–Crippen LogP) is 3.87. The van der Waals surface area contributed by atoms with Crippen LogP contribution in [0.25, 0.3) is 6.08 Å². The number of carbonyl (C=O) groups is 2. The number of hydrogen-bond donors (Lipinski definition) is 1. The van der Waals surface area contributed by atoms with Crippen molar-refractivity contribution >= 4 is 23.5 Å². The van der Waals surface area contributed by atoms with Gasteiger partial charge in [0.25, 0.3) is 5.91 Å². The van der Waals surface area contributed by atoms with Gasteiger partial charge in [-0.05, 0) is 40.8 Å². The van der Waals surface area contributed by atoms with Crippen molar-refractivity contribution in [2.24, 2.45) is 0 Å². The molecule has 0 atom stereocenters. The maximum absolute atomic E-state index is 13.0. The molecule has 0 fully saturated rings. The van der Waals surface area contributed by atoms with E-state index in [2.05, 4.69) is 21.5 Å². The van der Waals surface area contributed by atoms with E-state index in [0.717, 1.165) is 16.7 Å². The monoisotopic (exact) mass is 426 g/mol. The summed E-state index contributed by atoms with van der Waals surface area (Å²) in [6.07, 6.45) is 10.9. The normalized spacial score (nSPS) is 15.0. The molecule has 6 nitrogen and oxygen atoms in total. The van der Waals surface area contributed by atoms with Crippen LogP contribution in [0.5, 0.6) is 0 Å². The van der Waals surface area contributed by atoms with Gasteiger partial charge in [0.05, 0.1) is 18.4 Å². The fraction of sp³-hybridized carbons (Fsp3) is 0.120. The first-order chi connectivity index (χ1) is 15.5. The largest absolute Gasteiger partial charge is 0.319 e. The predicted molar refractivity (Wildman–Crippen MR) is 118 cm³/mol. The summed E-state index contributed by atoms with van der Waals surface area (Å²) in [7, 11) is 0. The van der Waals surface area contributed by atoms with Gasteiger partial charge in [0, 0.05) is 30.0 Å². The van der Waals surface area contributed by atoms with Crippen LogP contribution >= 0.6 is 0 Å². The molecule has 0 spiro atoms. The molecular weight excluding hydrogens is 407 g/mol. The lowest BCUT2D eigenvalue weighted by Crippen LogP contribution is -2.18. The van der Waals surface area contributed by atoms with Gasteiger partial charge >= 0.3 is 0 Å². The summed E-state index contributed by atoms with van der Waals surface area (Å²) in [5.74, 6) is -0.818. The zero-order valence-corrected chi connectivity index (χ0v) is 17.1. The number of allylic oxidation sites excluding steroid dienone is 3. The number of nitrogens with one attached hydrogen (secondary N) is 1. The van der Waals surface area contributed by atoms with Crippen LogP contribution < -0.4 is 5.32 Å². The number of amides is 1. The van der Waals surface area contributed by atoms with E-state index in [1.54, 1.807) is 35.3 Å². The van der Waals surface area contributed by atoms with Crippen LogP contribution in [-0.2, 0) is 22.6 Å². The van der Waals surface area contributed by atoms with Crippen molar-refractivity contribution in [3.8, 4) is 0 Å². The molecule has 0 saturated heterocycles. The van der Waals surface area contributed by atoms with Crippen molar-refractivity contribution in [1.29, 1.82) is 0 Å². The maximum Gasteiger partial charge on any atom is 0.255 e. The Balaban J connectivity index is 1.28. The van der Waals surface area contributed by atoms with Crippen molar-refractivity contribution in [3.63, 3.8) is 0 Å². The van der Waals surface area contributed by atoms with E-state index >= 15 is 0 Å². The molecule has 32 heavy (non-hydrogen) atoms. The Hall–Kier alpha value is -4.13. The number of anilines is 1. The van der Waals surface area contributed by atoms with Crippen LogP contribution in [0.4, 0.5) is 10.1 Å². The topological polar surface area (TPSA) is 76.9 Å². The van der Waals surface area contributed by atoms with Crippen molar-refractivity contribution in [2.75, 3.05) is 5.32 Å². The highest BCUT2D eigenvalue weighted by molar-refractivity contribution is 6.12. The number of benzene rings is 1. The first-order valence-electron chi connectivity index (χ1n) is 10.2. The molecule has 1 aromatic carbocycles. The number of aromatic nitrogens is 3. The minimum Gasteiger partial charge on any atom is -0.319 e. The second-order valence-corrected chi connectivity index (χ2v) is 7.76. The lowest BCUT2D eigenvalue weighted by atomic mass is 9.91. The number of ketones is 1. The Bertz CT molecular complexity index is 1320.